The number of nitrogens with zero attached hydrogens (tertiary/aromatic N) is 4. The van der Waals surface area contributed by atoms with Crippen molar-refractivity contribution in [2.75, 3.05) is 27.2 Å². The van der Waals surface area contributed by atoms with Crippen molar-refractivity contribution in [1.82, 2.24) is 19.9 Å². The molecule has 0 aliphatic carbocycles. The van der Waals surface area contributed by atoms with E-state index in [2.05, 4.69) is 41.0 Å². The standard InChI is InChI=1S/C13H25N5O/c1-9-6-18(7-10(9)17(4)5)8-11-15-12(16-19-11)13(2,3)14/h9-10H,6-8,14H2,1-5H3. The maximum Gasteiger partial charge on any atom is 0.240 e. The summed E-state index contributed by atoms with van der Waals surface area (Å²) in [4.78, 5) is 9.02. The third-order valence-corrected chi connectivity index (χ3v) is 3.71. The number of likely N-dealkylation sites (tertiary alicyclic amines) is 1. The summed E-state index contributed by atoms with van der Waals surface area (Å²) < 4.78 is 5.29. The molecule has 2 rings (SSSR count). The molecule has 1 aromatic heterocycles. The van der Waals surface area contributed by atoms with Gasteiger partial charge in [-0.1, -0.05) is 12.1 Å². The minimum absolute atomic E-state index is 0.549. The van der Waals surface area contributed by atoms with Crippen LogP contribution in [0.5, 0.6) is 0 Å². The van der Waals surface area contributed by atoms with Gasteiger partial charge in [-0.25, -0.2) is 0 Å². The van der Waals surface area contributed by atoms with Gasteiger partial charge in [0, 0.05) is 19.1 Å². The molecule has 0 saturated carbocycles. The van der Waals surface area contributed by atoms with Crippen LogP contribution in [0.4, 0.5) is 0 Å². The second kappa shape index (κ2) is 5.19. The largest absolute Gasteiger partial charge is 0.338 e. The topological polar surface area (TPSA) is 71.4 Å². The predicted octanol–water partition coefficient (Wildman–Crippen LogP) is 0.645. The molecule has 6 heteroatoms. The highest BCUT2D eigenvalue weighted by molar-refractivity contribution is 4.99. The molecule has 6 nitrogen and oxygen atoms in total. The summed E-state index contributed by atoms with van der Waals surface area (Å²) in [6, 6.07) is 0.591. The summed E-state index contributed by atoms with van der Waals surface area (Å²) in [7, 11) is 4.26. The number of aromatic nitrogens is 2. The highest BCUT2D eigenvalue weighted by atomic mass is 16.5. The van der Waals surface area contributed by atoms with Crippen molar-refractivity contribution in [2.24, 2.45) is 11.7 Å². The van der Waals surface area contributed by atoms with E-state index in [0.717, 1.165) is 13.1 Å². The summed E-state index contributed by atoms with van der Waals surface area (Å²) in [5.41, 5.74) is 5.41. The first-order valence-electron chi connectivity index (χ1n) is 6.78. The molecule has 0 radical (unpaired) electrons. The van der Waals surface area contributed by atoms with Crippen LogP contribution in [-0.4, -0.2) is 53.2 Å². The summed E-state index contributed by atoms with van der Waals surface area (Å²) >= 11 is 0. The third-order valence-electron chi connectivity index (χ3n) is 3.71. The molecule has 0 bridgehead atoms. The van der Waals surface area contributed by atoms with Gasteiger partial charge in [-0.15, -0.1) is 0 Å². The van der Waals surface area contributed by atoms with Gasteiger partial charge >= 0.3 is 0 Å². The molecular formula is C13H25N5O. The molecule has 0 spiro atoms. The lowest BCUT2D eigenvalue weighted by Crippen LogP contribution is -2.34. The highest BCUT2D eigenvalue weighted by Gasteiger charge is 2.32. The van der Waals surface area contributed by atoms with Gasteiger partial charge in [0.2, 0.25) is 5.89 Å². The number of hydrogen-bond acceptors (Lipinski definition) is 6. The van der Waals surface area contributed by atoms with E-state index in [4.69, 9.17) is 10.3 Å². The Hall–Kier alpha value is -0.980. The summed E-state index contributed by atoms with van der Waals surface area (Å²) in [5.74, 6) is 1.88. The average Bonchev–Trinajstić information content (AvgIpc) is 2.85. The lowest BCUT2D eigenvalue weighted by atomic mass is 10.1. The number of rotatable bonds is 4. The van der Waals surface area contributed by atoms with Crippen molar-refractivity contribution in [3.05, 3.63) is 11.7 Å². The van der Waals surface area contributed by atoms with Crippen molar-refractivity contribution in [1.29, 1.82) is 0 Å². The van der Waals surface area contributed by atoms with Crippen LogP contribution in [0.3, 0.4) is 0 Å². The summed E-state index contributed by atoms with van der Waals surface area (Å²) in [5, 5.41) is 3.95. The highest BCUT2D eigenvalue weighted by Crippen LogP contribution is 2.22. The summed E-state index contributed by atoms with van der Waals surface area (Å²) in [6.45, 7) is 8.85. The maximum atomic E-state index is 5.96. The van der Waals surface area contributed by atoms with Crippen LogP contribution in [0.2, 0.25) is 0 Å². The van der Waals surface area contributed by atoms with Crippen LogP contribution in [0, 0.1) is 5.92 Å². The normalized spacial score (nSPS) is 25.4. The average molecular weight is 267 g/mol. The van der Waals surface area contributed by atoms with Crippen LogP contribution >= 0.6 is 0 Å². The minimum Gasteiger partial charge on any atom is -0.338 e. The molecule has 1 aromatic rings. The van der Waals surface area contributed by atoms with E-state index in [1.54, 1.807) is 0 Å². The van der Waals surface area contributed by atoms with E-state index in [-0.39, 0.29) is 0 Å². The van der Waals surface area contributed by atoms with Crippen molar-refractivity contribution >= 4 is 0 Å². The fourth-order valence-corrected chi connectivity index (χ4v) is 2.62. The fourth-order valence-electron chi connectivity index (χ4n) is 2.62. The molecule has 1 fully saturated rings. The van der Waals surface area contributed by atoms with Gasteiger partial charge in [0.05, 0.1) is 12.1 Å². The molecule has 2 unspecified atom stereocenters. The Bertz CT molecular complexity index is 423. The van der Waals surface area contributed by atoms with Crippen LogP contribution < -0.4 is 5.73 Å². The van der Waals surface area contributed by atoms with E-state index in [1.807, 2.05) is 13.8 Å². The molecule has 2 heterocycles. The van der Waals surface area contributed by atoms with E-state index in [0.29, 0.717) is 30.2 Å². The van der Waals surface area contributed by atoms with Crippen LogP contribution in [0.15, 0.2) is 4.52 Å². The van der Waals surface area contributed by atoms with Gasteiger partial charge in [0.15, 0.2) is 5.82 Å². The van der Waals surface area contributed by atoms with Crippen molar-refractivity contribution in [2.45, 2.75) is 38.9 Å². The first-order chi connectivity index (χ1) is 8.77. The molecule has 19 heavy (non-hydrogen) atoms. The molecular weight excluding hydrogens is 242 g/mol. The van der Waals surface area contributed by atoms with Gasteiger partial charge in [-0.05, 0) is 33.9 Å². The first-order valence-corrected chi connectivity index (χ1v) is 6.78. The van der Waals surface area contributed by atoms with E-state index in [9.17, 15) is 0 Å². The Morgan fingerprint density at radius 3 is 2.58 bits per heavy atom. The van der Waals surface area contributed by atoms with Gasteiger partial charge in [0.25, 0.3) is 0 Å². The van der Waals surface area contributed by atoms with Gasteiger partial charge < -0.3 is 15.2 Å². The zero-order chi connectivity index (χ0) is 14.2. The summed E-state index contributed by atoms with van der Waals surface area (Å²) in [6.07, 6.45) is 0. The lowest BCUT2D eigenvalue weighted by Gasteiger charge is -2.22. The molecule has 2 N–H and O–H groups in total. The number of nitrogens with two attached hydrogens (primary N) is 1. The van der Waals surface area contributed by atoms with Crippen LogP contribution in [0.25, 0.3) is 0 Å². The number of likely N-dealkylation sites (N-methyl/N-ethyl adjacent to an activating group) is 1. The zero-order valence-corrected chi connectivity index (χ0v) is 12.6. The number of hydrogen-bond donors (Lipinski definition) is 1. The van der Waals surface area contributed by atoms with E-state index in [1.165, 1.54) is 0 Å². The zero-order valence-electron chi connectivity index (χ0n) is 12.6. The SMILES string of the molecule is CC1CN(Cc2nc(C(C)(C)N)no2)CC1N(C)C. The monoisotopic (exact) mass is 267 g/mol. The van der Waals surface area contributed by atoms with Crippen molar-refractivity contribution < 1.29 is 4.52 Å². The van der Waals surface area contributed by atoms with Gasteiger partial charge in [0.1, 0.15) is 0 Å². The second-order valence-corrected chi connectivity index (χ2v) is 6.44. The van der Waals surface area contributed by atoms with Gasteiger partial charge in [-0.3, -0.25) is 4.90 Å². The molecule has 2 atom stereocenters. The van der Waals surface area contributed by atoms with E-state index < -0.39 is 5.54 Å². The molecule has 1 saturated heterocycles. The fraction of sp³-hybridized carbons (Fsp3) is 0.846. The predicted molar refractivity (Wildman–Crippen MR) is 73.4 cm³/mol. The smallest absolute Gasteiger partial charge is 0.240 e. The lowest BCUT2D eigenvalue weighted by molar-refractivity contribution is 0.234. The first kappa shape index (κ1) is 14.4. The van der Waals surface area contributed by atoms with Crippen LogP contribution in [0.1, 0.15) is 32.5 Å². The Labute approximate surface area is 114 Å². The quantitative estimate of drug-likeness (QED) is 0.863. The van der Waals surface area contributed by atoms with Crippen molar-refractivity contribution in [3.8, 4) is 0 Å². The Morgan fingerprint density at radius 2 is 2.11 bits per heavy atom. The Balaban J connectivity index is 1.98. The molecule has 0 amide bonds. The van der Waals surface area contributed by atoms with Crippen molar-refractivity contribution in [3.63, 3.8) is 0 Å². The maximum absolute atomic E-state index is 5.96. The molecule has 1 aliphatic heterocycles. The molecule has 108 valence electrons. The Kier molecular flexibility index (Phi) is 3.94. The minimum atomic E-state index is -0.549. The molecule has 0 aromatic carbocycles. The van der Waals surface area contributed by atoms with E-state index >= 15 is 0 Å². The van der Waals surface area contributed by atoms with Gasteiger partial charge in [-0.2, -0.15) is 4.98 Å². The third kappa shape index (κ3) is 3.32. The second-order valence-electron chi connectivity index (χ2n) is 6.44. The molecule has 1 aliphatic rings. The Morgan fingerprint density at radius 1 is 1.42 bits per heavy atom. The van der Waals surface area contributed by atoms with Crippen LogP contribution in [-0.2, 0) is 12.1 Å².